The third-order valence-electron chi connectivity index (χ3n) is 4.31. The van der Waals surface area contributed by atoms with Crippen molar-refractivity contribution >= 4 is 27.5 Å². The van der Waals surface area contributed by atoms with Gasteiger partial charge in [-0.25, -0.2) is 4.39 Å². The van der Waals surface area contributed by atoms with E-state index in [1.165, 1.54) is 23.5 Å². The molecule has 6 nitrogen and oxygen atoms in total. The van der Waals surface area contributed by atoms with Crippen molar-refractivity contribution in [3.05, 3.63) is 59.2 Å². The Bertz CT molecular complexity index is 1140. The quantitative estimate of drug-likeness (QED) is 0.438. The van der Waals surface area contributed by atoms with E-state index in [4.69, 9.17) is 14.2 Å². The number of rotatable bonds is 9. The first kappa shape index (κ1) is 22.6. The predicted octanol–water partition coefficient (Wildman–Crippen LogP) is 4.97. The summed E-state index contributed by atoms with van der Waals surface area (Å²) in [5, 5.41) is 0. The van der Waals surface area contributed by atoms with Crippen molar-refractivity contribution in [2.45, 2.75) is 27.3 Å². The van der Waals surface area contributed by atoms with Gasteiger partial charge < -0.3 is 18.8 Å². The molecule has 1 amide bonds. The van der Waals surface area contributed by atoms with Crippen molar-refractivity contribution in [3.63, 3.8) is 0 Å². The number of benzene rings is 2. The normalized spacial score (nSPS) is 11.5. The second-order valence-corrected chi connectivity index (χ2v) is 7.42. The highest BCUT2D eigenvalue weighted by molar-refractivity contribution is 7.16. The lowest BCUT2D eigenvalue weighted by Crippen LogP contribution is -2.16. The van der Waals surface area contributed by atoms with Gasteiger partial charge in [-0.2, -0.15) is 4.99 Å². The van der Waals surface area contributed by atoms with Crippen LogP contribution in [0.3, 0.4) is 0 Å². The van der Waals surface area contributed by atoms with Crippen LogP contribution in [0.1, 0.15) is 31.1 Å². The largest absolute Gasteiger partial charge is 0.490 e. The van der Waals surface area contributed by atoms with Gasteiger partial charge >= 0.3 is 0 Å². The molecular formula is C23H25FN2O4S. The van der Waals surface area contributed by atoms with E-state index in [1.807, 2.05) is 25.3 Å². The SMILES string of the molecule is C=CCn1c(=NC(=O)c2cc(OCC)c(OCC)c(OCC)c2)sc2cc(F)ccc21. The number of ether oxygens (including phenoxy) is 3. The van der Waals surface area contributed by atoms with Gasteiger partial charge in [0, 0.05) is 12.1 Å². The van der Waals surface area contributed by atoms with Crippen LogP contribution in [0.5, 0.6) is 17.2 Å². The fourth-order valence-electron chi connectivity index (χ4n) is 3.10. The topological polar surface area (TPSA) is 62.1 Å². The number of nitrogens with zero attached hydrogens (tertiary/aromatic N) is 2. The maximum atomic E-state index is 13.7. The van der Waals surface area contributed by atoms with Crippen LogP contribution in [-0.4, -0.2) is 30.3 Å². The van der Waals surface area contributed by atoms with Crippen LogP contribution >= 0.6 is 11.3 Å². The number of carbonyl (C=O) groups excluding carboxylic acids is 1. The van der Waals surface area contributed by atoms with Crippen LogP contribution in [0, 0.1) is 5.82 Å². The van der Waals surface area contributed by atoms with E-state index in [0.717, 1.165) is 5.52 Å². The van der Waals surface area contributed by atoms with Crippen molar-refractivity contribution in [2.24, 2.45) is 4.99 Å². The Hall–Kier alpha value is -3.13. The van der Waals surface area contributed by atoms with Crippen LogP contribution in [0.4, 0.5) is 4.39 Å². The van der Waals surface area contributed by atoms with Gasteiger partial charge in [-0.05, 0) is 51.1 Å². The van der Waals surface area contributed by atoms with Gasteiger partial charge in [0.15, 0.2) is 16.3 Å². The summed E-state index contributed by atoms with van der Waals surface area (Å²) in [7, 11) is 0. The number of hydrogen-bond donors (Lipinski definition) is 0. The second kappa shape index (κ2) is 10.3. The molecule has 164 valence electrons. The fourth-order valence-corrected chi connectivity index (χ4v) is 4.16. The first-order valence-corrected chi connectivity index (χ1v) is 10.9. The van der Waals surface area contributed by atoms with E-state index in [0.29, 0.717) is 58.7 Å². The van der Waals surface area contributed by atoms with E-state index >= 15 is 0 Å². The van der Waals surface area contributed by atoms with Gasteiger partial charge in [-0.3, -0.25) is 4.79 Å². The summed E-state index contributed by atoms with van der Waals surface area (Å²) in [5.41, 5.74) is 1.10. The first-order valence-electron chi connectivity index (χ1n) is 10.1. The molecule has 0 aliphatic carbocycles. The molecule has 3 rings (SSSR count). The standard InChI is InChI=1S/C23H25FN2O4S/c1-5-11-26-17-10-9-16(24)14-20(17)31-23(26)25-22(27)15-12-18(28-6-2)21(30-8-4)19(13-15)29-7-3/h5,9-10,12-14H,1,6-8,11H2,2-4H3. The third-order valence-corrected chi connectivity index (χ3v) is 5.35. The molecule has 1 aromatic heterocycles. The second-order valence-electron chi connectivity index (χ2n) is 6.41. The molecule has 8 heteroatoms. The number of fused-ring (bicyclic) bond motifs is 1. The van der Waals surface area contributed by atoms with E-state index in [2.05, 4.69) is 11.6 Å². The zero-order valence-corrected chi connectivity index (χ0v) is 18.6. The zero-order chi connectivity index (χ0) is 22.4. The molecule has 0 atom stereocenters. The number of aromatic nitrogens is 1. The molecule has 0 radical (unpaired) electrons. The molecular weight excluding hydrogens is 419 g/mol. The monoisotopic (exact) mass is 444 g/mol. The maximum Gasteiger partial charge on any atom is 0.279 e. The molecule has 0 spiro atoms. The highest BCUT2D eigenvalue weighted by atomic mass is 32.1. The lowest BCUT2D eigenvalue weighted by Gasteiger charge is -2.16. The van der Waals surface area contributed by atoms with Crippen molar-refractivity contribution in [2.75, 3.05) is 19.8 Å². The molecule has 31 heavy (non-hydrogen) atoms. The summed E-state index contributed by atoms with van der Waals surface area (Å²) in [6, 6.07) is 7.70. The number of hydrogen-bond acceptors (Lipinski definition) is 5. The van der Waals surface area contributed by atoms with Crippen molar-refractivity contribution < 1.29 is 23.4 Å². The maximum absolute atomic E-state index is 13.7. The molecule has 0 aliphatic rings. The number of amides is 1. The van der Waals surface area contributed by atoms with Crippen LogP contribution in [0.2, 0.25) is 0 Å². The Balaban J connectivity index is 2.13. The van der Waals surface area contributed by atoms with Gasteiger partial charge in [0.25, 0.3) is 5.91 Å². The zero-order valence-electron chi connectivity index (χ0n) is 17.8. The molecule has 0 unspecified atom stereocenters. The molecule has 2 aromatic carbocycles. The number of carbonyl (C=O) groups is 1. The predicted molar refractivity (Wildman–Crippen MR) is 120 cm³/mol. The molecule has 0 fully saturated rings. The Labute approximate surface area is 184 Å². The highest BCUT2D eigenvalue weighted by Gasteiger charge is 2.18. The molecule has 1 heterocycles. The van der Waals surface area contributed by atoms with Crippen molar-refractivity contribution in [1.29, 1.82) is 0 Å². The molecule has 3 aromatic rings. The Kier molecular flexibility index (Phi) is 7.46. The summed E-state index contributed by atoms with van der Waals surface area (Å²) in [4.78, 5) is 17.8. The average Bonchev–Trinajstić information content (AvgIpc) is 3.06. The van der Waals surface area contributed by atoms with E-state index in [-0.39, 0.29) is 5.82 Å². The lowest BCUT2D eigenvalue weighted by atomic mass is 10.1. The van der Waals surface area contributed by atoms with Crippen LogP contribution in [-0.2, 0) is 6.54 Å². The Morgan fingerprint density at radius 2 is 1.74 bits per heavy atom. The van der Waals surface area contributed by atoms with Gasteiger partial charge in [0.2, 0.25) is 5.75 Å². The van der Waals surface area contributed by atoms with E-state index in [9.17, 15) is 9.18 Å². The Morgan fingerprint density at radius 1 is 1.10 bits per heavy atom. The van der Waals surface area contributed by atoms with E-state index < -0.39 is 5.91 Å². The minimum absolute atomic E-state index is 0.309. The average molecular weight is 445 g/mol. The molecule has 0 bridgehead atoms. The smallest absolute Gasteiger partial charge is 0.279 e. The Morgan fingerprint density at radius 3 is 2.32 bits per heavy atom. The van der Waals surface area contributed by atoms with Gasteiger partial charge in [-0.15, -0.1) is 6.58 Å². The molecule has 0 saturated heterocycles. The third kappa shape index (κ3) is 4.96. The van der Waals surface area contributed by atoms with E-state index in [1.54, 1.807) is 24.3 Å². The summed E-state index contributed by atoms with van der Waals surface area (Å²) in [5.74, 6) is 0.501. The number of halogens is 1. The van der Waals surface area contributed by atoms with Gasteiger partial charge in [0.1, 0.15) is 5.82 Å². The highest BCUT2D eigenvalue weighted by Crippen LogP contribution is 2.39. The number of thiazole rings is 1. The molecule has 0 N–H and O–H groups in total. The summed E-state index contributed by atoms with van der Waals surface area (Å²) >= 11 is 1.24. The van der Waals surface area contributed by atoms with Crippen LogP contribution in [0.15, 0.2) is 48.0 Å². The van der Waals surface area contributed by atoms with Gasteiger partial charge in [0.05, 0.1) is 30.0 Å². The van der Waals surface area contributed by atoms with Gasteiger partial charge in [-0.1, -0.05) is 17.4 Å². The van der Waals surface area contributed by atoms with Crippen LogP contribution < -0.4 is 19.0 Å². The lowest BCUT2D eigenvalue weighted by molar-refractivity contribution is 0.0996. The summed E-state index contributed by atoms with van der Waals surface area (Å²) in [6.45, 7) is 11.0. The number of allylic oxidation sites excluding steroid dienone is 1. The summed E-state index contributed by atoms with van der Waals surface area (Å²) in [6.07, 6.45) is 1.70. The van der Waals surface area contributed by atoms with Crippen molar-refractivity contribution in [3.8, 4) is 17.2 Å². The minimum Gasteiger partial charge on any atom is -0.490 e. The molecule has 0 saturated carbocycles. The van der Waals surface area contributed by atoms with Crippen molar-refractivity contribution in [1.82, 2.24) is 4.57 Å². The summed E-state index contributed by atoms with van der Waals surface area (Å²) < 4.78 is 33.2. The molecule has 0 aliphatic heterocycles. The minimum atomic E-state index is -0.463. The van der Waals surface area contributed by atoms with Crippen LogP contribution in [0.25, 0.3) is 10.2 Å². The fraction of sp³-hybridized carbons (Fsp3) is 0.304. The first-order chi connectivity index (χ1) is 15.0.